The van der Waals surface area contributed by atoms with E-state index in [0.29, 0.717) is 17.9 Å². The van der Waals surface area contributed by atoms with Crippen molar-refractivity contribution in [3.63, 3.8) is 0 Å². The standard InChI is InChI=1S/C27H44O2/c1-18(17-28)6-5-7-19(2)23-10-11-24-22-9-8-20-16-21(29)12-14-26(20,3)25(22)13-15-27(23,24)4/h8,18-19,21,23-24,28-29H,5-7,9-17H2,1-4H3/t18-,19-,21+,23-,24-,26+,27-/m1/s1. The van der Waals surface area contributed by atoms with Crippen LogP contribution < -0.4 is 0 Å². The Morgan fingerprint density at radius 2 is 1.90 bits per heavy atom. The summed E-state index contributed by atoms with van der Waals surface area (Å²) < 4.78 is 0. The molecule has 4 rings (SSSR count). The molecule has 0 aromatic heterocycles. The summed E-state index contributed by atoms with van der Waals surface area (Å²) in [7, 11) is 0. The lowest BCUT2D eigenvalue weighted by molar-refractivity contribution is 0.0859. The second-order valence-electron chi connectivity index (χ2n) is 11.6. The van der Waals surface area contributed by atoms with E-state index in [1.807, 2.05) is 5.57 Å². The van der Waals surface area contributed by atoms with Gasteiger partial charge in [0.15, 0.2) is 0 Å². The van der Waals surface area contributed by atoms with Crippen LogP contribution >= 0.6 is 0 Å². The van der Waals surface area contributed by atoms with Gasteiger partial charge in [-0.3, -0.25) is 0 Å². The molecular formula is C27H44O2. The van der Waals surface area contributed by atoms with E-state index in [4.69, 9.17) is 0 Å². The van der Waals surface area contributed by atoms with Crippen LogP contribution in [0.15, 0.2) is 22.8 Å². The van der Waals surface area contributed by atoms with Crippen LogP contribution in [0, 0.1) is 34.5 Å². The molecule has 0 heterocycles. The van der Waals surface area contributed by atoms with Crippen LogP contribution in [0.2, 0.25) is 0 Å². The summed E-state index contributed by atoms with van der Waals surface area (Å²) >= 11 is 0. The fourth-order valence-electron chi connectivity index (χ4n) is 7.96. The predicted octanol–water partition coefficient (Wildman–Crippen LogP) is 6.43. The summed E-state index contributed by atoms with van der Waals surface area (Å²) in [6, 6.07) is 0. The number of rotatable bonds is 6. The van der Waals surface area contributed by atoms with Crippen molar-refractivity contribution in [2.24, 2.45) is 34.5 Å². The van der Waals surface area contributed by atoms with E-state index >= 15 is 0 Å². The Morgan fingerprint density at radius 3 is 2.66 bits per heavy atom. The van der Waals surface area contributed by atoms with Crippen molar-refractivity contribution in [3.05, 3.63) is 22.8 Å². The summed E-state index contributed by atoms with van der Waals surface area (Å²) in [4.78, 5) is 0. The molecule has 2 fully saturated rings. The lowest BCUT2D eigenvalue weighted by Gasteiger charge is -2.52. The van der Waals surface area contributed by atoms with E-state index in [9.17, 15) is 10.2 Å². The maximum atomic E-state index is 10.2. The minimum atomic E-state index is -0.115. The fourth-order valence-corrected chi connectivity index (χ4v) is 7.96. The van der Waals surface area contributed by atoms with Gasteiger partial charge in [-0.15, -0.1) is 0 Å². The molecule has 2 heteroatoms. The van der Waals surface area contributed by atoms with Gasteiger partial charge < -0.3 is 10.2 Å². The number of aliphatic hydroxyl groups excluding tert-OH is 2. The molecular weight excluding hydrogens is 356 g/mol. The first-order valence-electron chi connectivity index (χ1n) is 12.5. The molecule has 0 aromatic rings. The van der Waals surface area contributed by atoms with E-state index in [0.717, 1.165) is 43.4 Å². The molecule has 2 N–H and O–H groups in total. The quantitative estimate of drug-likeness (QED) is 0.505. The smallest absolute Gasteiger partial charge is 0.0578 e. The molecule has 2 saturated carbocycles. The number of hydrogen-bond acceptors (Lipinski definition) is 2. The summed E-state index contributed by atoms with van der Waals surface area (Å²) in [6.45, 7) is 10.1. The lowest BCUT2D eigenvalue weighted by Crippen LogP contribution is -2.41. The van der Waals surface area contributed by atoms with Gasteiger partial charge in [0.05, 0.1) is 6.10 Å². The molecule has 4 aliphatic rings. The van der Waals surface area contributed by atoms with Gasteiger partial charge in [0.1, 0.15) is 0 Å². The Balaban J connectivity index is 1.49. The molecule has 7 atom stereocenters. The van der Waals surface area contributed by atoms with Gasteiger partial charge in [-0.1, -0.05) is 63.3 Å². The molecule has 164 valence electrons. The monoisotopic (exact) mass is 400 g/mol. The van der Waals surface area contributed by atoms with Crippen LogP contribution in [0.1, 0.15) is 98.3 Å². The fraction of sp³-hybridized carbons (Fsp3) is 0.852. The zero-order valence-electron chi connectivity index (χ0n) is 19.3. The van der Waals surface area contributed by atoms with Crippen LogP contribution in [0.25, 0.3) is 0 Å². The molecule has 4 aliphatic carbocycles. The minimum Gasteiger partial charge on any atom is -0.396 e. The molecule has 0 radical (unpaired) electrons. The first-order valence-corrected chi connectivity index (χ1v) is 12.5. The highest BCUT2D eigenvalue weighted by Crippen LogP contribution is 2.64. The zero-order chi connectivity index (χ0) is 20.8. The molecule has 29 heavy (non-hydrogen) atoms. The molecule has 0 aliphatic heterocycles. The van der Waals surface area contributed by atoms with Crippen molar-refractivity contribution >= 4 is 0 Å². The van der Waals surface area contributed by atoms with Gasteiger partial charge in [-0.05, 0) is 86.9 Å². The first kappa shape index (κ1) is 21.6. The average molecular weight is 401 g/mol. The van der Waals surface area contributed by atoms with Crippen LogP contribution in [0.4, 0.5) is 0 Å². The van der Waals surface area contributed by atoms with Crippen molar-refractivity contribution in [1.82, 2.24) is 0 Å². The lowest BCUT2D eigenvalue weighted by atomic mass is 9.53. The Morgan fingerprint density at radius 1 is 1.10 bits per heavy atom. The molecule has 0 amide bonds. The van der Waals surface area contributed by atoms with Gasteiger partial charge in [0.2, 0.25) is 0 Å². The van der Waals surface area contributed by atoms with Crippen molar-refractivity contribution in [2.75, 3.05) is 6.61 Å². The maximum absolute atomic E-state index is 10.2. The van der Waals surface area contributed by atoms with Gasteiger partial charge in [-0.2, -0.15) is 0 Å². The number of aliphatic hydroxyl groups is 2. The van der Waals surface area contributed by atoms with Crippen LogP contribution in [-0.2, 0) is 0 Å². The largest absolute Gasteiger partial charge is 0.396 e. The summed E-state index contributed by atoms with van der Waals surface area (Å²) in [5.74, 6) is 2.90. The van der Waals surface area contributed by atoms with Gasteiger partial charge in [0.25, 0.3) is 0 Å². The Labute approximate surface area is 178 Å². The highest BCUT2D eigenvalue weighted by molar-refractivity contribution is 5.43. The normalized spacial score (nSPS) is 41.3. The van der Waals surface area contributed by atoms with E-state index < -0.39 is 0 Å². The second-order valence-corrected chi connectivity index (χ2v) is 11.6. The topological polar surface area (TPSA) is 40.5 Å². The second kappa shape index (κ2) is 8.15. The third-order valence-corrected chi connectivity index (χ3v) is 9.86. The Kier molecular flexibility index (Phi) is 6.08. The summed E-state index contributed by atoms with van der Waals surface area (Å²) in [5.41, 5.74) is 5.87. The van der Waals surface area contributed by atoms with Crippen LogP contribution in [0.3, 0.4) is 0 Å². The van der Waals surface area contributed by atoms with E-state index in [1.54, 1.807) is 11.1 Å². The van der Waals surface area contributed by atoms with Crippen LogP contribution in [-0.4, -0.2) is 22.9 Å². The average Bonchev–Trinajstić information content (AvgIpc) is 3.05. The van der Waals surface area contributed by atoms with Gasteiger partial charge >= 0.3 is 0 Å². The number of allylic oxidation sites excluding steroid dienone is 3. The van der Waals surface area contributed by atoms with E-state index in [-0.39, 0.29) is 11.5 Å². The van der Waals surface area contributed by atoms with E-state index in [1.165, 1.54) is 44.9 Å². The zero-order valence-corrected chi connectivity index (χ0v) is 19.3. The summed E-state index contributed by atoms with van der Waals surface area (Å²) in [5, 5.41) is 19.5. The van der Waals surface area contributed by atoms with Crippen LogP contribution in [0.5, 0.6) is 0 Å². The van der Waals surface area contributed by atoms with Crippen molar-refractivity contribution in [2.45, 2.75) is 104 Å². The minimum absolute atomic E-state index is 0.115. The molecule has 0 saturated heterocycles. The van der Waals surface area contributed by atoms with Crippen molar-refractivity contribution < 1.29 is 10.2 Å². The molecule has 2 nitrogen and oxygen atoms in total. The molecule has 0 unspecified atom stereocenters. The highest BCUT2D eigenvalue weighted by atomic mass is 16.3. The maximum Gasteiger partial charge on any atom is 0.0578 e. The third kappa shape index (κ3) is 3.67. The Hall–Kier alpha value is -0.600. The SMILES string of the molecule is C[C@@H](CO)CCC[C@@H](C)[C@H]1CC[C@@H]2C3=C(CC[C@@]21C)[C@@]1(C)CC[C@H](O)CC1=CC3. The molecule has 0 aromatic carbocycles. The van der Waals surface area contributed by atoms with Crippen molar-refractivity contribution in [1.29, 1.82) is 0 Å². The van der Waals surface area contributed by atoms with Gasteiger partial charge in [0, 0.05) is 12.0 Å². The summed E-state index contributed by atoms with van der Waals surface area (Å²) in [6.07, 6.45) is 15.8. The predicted molar refractivity (Wildman–Crippen MR) is 121 cm³/mol. The van der Waals surface area contributed by atoms with Gasteiger partial charge in [-0.25, -0.2) is 0 Å². The number of fused-ring (bicyclic) bond motifs is 4. The third-order valence-electron chi connectivity index (χ3n) is 9.86. The first-order chi connectivity index (χ1) is 13.8. The Bertz CT molecular complexity index is 676. The molecule has 0 spiro atoms. The number of hydrogen-bond donors (Lipinski definition) is 2. The molecule has 0 bridgehead atoms. The highest BCUT2D eigenvalue weighted by Gasteiger charge is 2.54. The van der Waals surface area contributed by atoms with E-state index in [2.05, 4.69) is 33.8 Å². The van der Waals surface area contributed by atoms with Crippen molar-refractivity contribution in [3.8, 4) is 0 Å².